The normalized spacial score (nSPS) is 12.4. The number of carbonyl (C=O) groups excluding carboxylic acids is 1. The number of nitrogens with two attached hydrogens (primary N) is 1. The average molecular weight is 224 g/mol. The monoisotopic (exact) mass is 224 g/mol. The lowest BCUT2D eigenvalue weighted by Gasteiger charge is -2.12. The molecule has 5 nitrogen and oxygen atoms in total. The number of nitrogens with one attached hydrogen (secondary N) is 2. The summed E-state index contributed by atoms with van der Waals surface area (Å²) < 4.78 is 0. The third-order valence-corrected chi connectivity index (χ3v) is 2.71. The lowest BCUT2D eigenvalue weighted by atomic mass is 9.96. The van der Waals surface area contributed by atoms with Crippen molar-refractivity contribution in [2.45, 2.75) is 32.6 Å². The minimum absolute atomic E-state index is 0.0275. The van der Waals surface area contributed by atoms with Gasteiger partial charge in [0.05, 0.1) is 6.20 Å². The molecule has 0 aliphatic carbocycles. The number of hydrogen-bond donors (Lipinski definition) is 3. The number of anilines is 1. The SMILES string of the molecule is CCC(CCN)CCC(=O)Nc1ccn[nH]1. The number of amides is 1. The predicted octanol–water partition coefficient (Wildman–Crippen LogP) is 1.50. The Morgan fingerprint density at radius 1 is 1.62 bits per heavy atom. The fourth-order valence-electron chi connectivity index (χ4n) is 1.66. The molecule has 1 amide bonds. The molecule has 1 heterocycles. The Balaban J connectivity index is 2.24. The molecule has 1 atom stereocenters. The van der Waals surface area contributed by atoms with Crippen molar-refractivity contribution in [1.82, 2.24) is 10.2 Å². The molecule has 1 aromatic rings. The number of hydrogen-bond acceptors (Lipinski definition) is 3. The van der Waals surface area contributed by atoms with Crippen LogP contribution in [0.4, 0.5) is 5.82 Å². The second kappa shape index (κ2) is 7.00. The van der Waals surface area contributed by atoms with E-state index in [0.29, 0.717) is 24.7 Å². The Hall–Kier alpha value is -1.36. The lowest BCUT2D eigenvalue weighted by molar-refractivity contribution is -0.116. The molecule has 0 fully saturated rings. The highest BCUT2D eigenvalue weighted by atomic mass is 16.1. The van der Waals surface area contributed by atoms with Crippen LogP contribution in [0.2, 0.25) is 0 Å². The van der Waals surface area contributed by atoms with Crippen molar-refractivity contribution in [3.8, 4) is 0 Å². The summed E-state index contributed by atoms with van der Waals surface area (Å²) >= 11 is 0. The zero-order valence-corrected chi connectivity index (χ0v) is 9.70. The first-order valence-corrected chi connectivity index (χ1v) is 5.75. The van der Waals surface area contributed by atoms with E-state index in [1.54, 1.807) is 12.3 Å². The van der Waals surface area contributed by atoms with Gasteiger partial charge in [-0.25, -0.2) is 0 Å². The van der Waals surface area contributed by atoms with E-state index in [1.165, 1.54) is 0 Å². The molecule has 0 saturated heterocycles. The lowest BCUT2D eigenvalue weighted by Crippen LogP contribution is -2.15. The van der Waals surface area contributed by atoms with Crippen LogP contribution in [0.25, 0.3) is 0 Å². The number of rotatable bonds is 7. The average Bonchev–Trinajstić information content (AvgIpc) is 2.76. The highest BCUT2D eigenvalue weighted by molar-refractivity contribution is 5.89. The van der Waals surface area contributed by atoms with E-state index in [1.807, 2.05) is 0 Å². The Bertz CT molecular complexity index is 297. The minimum Gasteiger partial charge on any atom is -0.330 e. The van der Waals surface area contributed by atoms with Crippen LogP contribution in [0.1, 0.15) is 32.6 Å². The zero-order valence-electron chi connectivity index (χ0n) is 9.70. The number of aromatic amines is 1. The number of nitrogens with zero attached hydrogens (tertiary/aromatic N) is 1. The van der Waals surface area contributed by atoms with Crippen LogP contribution >= 0.6 is 0 Å². The predicted molar refractivity (Wildman–Crippen MR) is 63.9 cm³/mol. The molecule has 0 aromatic carbocycles. The van der Waals surface area contributed by atoms with Gasteiger partial charge in [-0.1, -0.05) is 13.3 Å². The van der Waals surface area contributed by atoms with Gasteiger partial charge in [-0.05, 0) is 25.3 Å². The standard InChI is InChI=1S/C11H20N4O/c1-2-9(5-7-12)3-4-11(16)14-10-6-8-13-15-10/h6,8-9H,2-5,7,12H2,1H3,(H2,13,14,15,16). The van der Waals surface area contributed by atoms with Crippen LogP contribution in [-0.2, 0) is 4.79 Å². The van der Waals surface area contributed by atoms with Gasteiger partial charge in [-0.2, -0.15) is 5.10 Å². The molecule has 0 radical (unpaired) electrons. The first-order chi connectivity index (χ1) is 7.76. The summed E-state index contributed by atoms with van der Waals surface area (Å²) in [6, 6.07) is 1.73. The Labute approximate surface area is 95.8 Å². The second-order valence-corrected chi connectivity index (χ2v) is 3.91. The van der Waals surface area contributed by atoms with Crippen LogP contribution in [0.3, 0.4) is 0 Å². The second-order valence-electron chi connectivity index (χ2n) is 3.91. The molecular formula is C11H20N4O. The summed E-state index contributed by atoms with van der Waals surface area (Å²) in [5.41, 5.74) is 5.51. The summed E-state index contributed by atoms with van der Waals surface area (Å²) in [6.07, 6.45) is 5.12. The van der Waals surface area contributed by atoms with Gasteiger partial charge in [0, 0.05) is 12.5 Å². The van der Waals surface area contributed by atoms with Crippen LogP contribution in [-0.4, -0.2) is 22.6 Å². The molecule has 5 heteroatoms. The van der Waals surface area contributed by atoms with Crippen molar-refractivity contribution in [3.05, 3.63) is 12.3 Å². The maximum absolute atomic E-state index is 11.5. The van der Waals surface area contributed by atoms with Crippen LogP contribution in [0.15, 0.2) is 12.3 Å². The minimum atomic E-state index is 0.0275. The molecule has 90 valence electrons. The molecule has 1 unspecified atom stereocenters. The summed E-state index contributed by atoms with van der Waals surface area (Å²) in [5, 5.41) is 9.21. The van der Waals surface area contributed by atoms with Crippen molar-refractivity contribution >= 4 is 11.7 Å². The smallest absolute Gasteiger partial charge is 0.225 e. The van der Waals surface area contributed by atoms with Gasteiger partial charge in [-0.15, -0.1) is 0 Å². The fourth-order valence-corrected chi connectivity index (χ4v) is 1.66. The van der Waals surface area contributed by atoms with E-state index in [-0.39, 0.29) is 5.91 Å². The van der Waals surface area contributed by atoms with Gasteiger partial charge in [0.2, 0.25) is 5.91 Å². The molecule has 0 saturated carbocycles. The molecule has 0 aliphatic heterocycles. The Kier molecular flexibility index (Phi) is 5.56. The maximum atomic E-state index is 11.5. The Morgan fingerprint density at radius 3 is 3.00 bits per heavy atom. The van der Waals surface area contributed by atoms with Gasteiger partial charge >= 0.3 is 0 Å². The summed E-state index contributed by atoms with van der Waals surface area (Å²) in [7, 11) is 0. The zero-order chi connectivity index (χ0) is 11.8. The van der Waals surface area contributed by atoms with Gasteiger partial charge in [0.1, 0.15) is 5.82 Å². The van der Waals surface area contributed by atoms with Crippen molar-refractivity contribution < 1.29 is 4.79 Å². The molecule has 0 aliphatic rings. The number of H-pyrrole nitrogens is 1. The quantitative estimate of drug-likeness (QED) is 0.656. The van der Waals surface area contributed by atoms with Gasteiger partial charge in [0.15, 0.2) is 0 Å². The first-order valence-electron chi connectivity index (χ1n) is 5.75. The van der Waals surface area contributed by atoms with Crippen LogP contribution in [0.5, 0.6) is 0 Å². The molecule has 1 aromatic heterocycles. The topological polar surface area (TPSA) is 83.8 Å². The third kappa shape index (κ3) is 4.44. The summed E-state index contributed by atoms with van der Waals surface area (Å²) in [5.74, 6) is 1.23. The van der Waals surface area contributed by atoms with Crippen molar-refractivity contribution in [3.63, 3.8) is 0 Å². The van der Waals surface area contributed by atoms with E-state index in [2.05, 4.69) is 22.4 Å². The van der Waals surface area contributed by atoms with Gasteiger partial charge in [0.25, 0.3) is 0 Å². The van der Waals surface area contributed by atoms with Crippen molar-refractivity contribution in [2.75, 3.05) is 11.9 Å². The fraction of sp³-hybridized carbons (Fsp3) is 0.636. The molecule has 4 N–H and O–H groups in total. The van der Waals surface area contributed by atoms with Gasteiger partial charge < -0.3 is 11.1 Å². The number of carbonyl (C=O) groups is 1. The van der Waals surface area contributed by atoms with E-state index in [4.69, 9.17) is 5.73 Å². The largest absolute Gasteiger partial charge is 0.330 e. The van der Waals surface area contributed by atoms with Gasteiger partial charge in [-0.3, -0.25) is 9.89 Å². The molecule has 16 heavy (non-hydrogen) atoms. The molecule has 0 spiro atoms. The van der Waals surface area contributed by atoms with Crippen LogP contribution < -0.4 is 11.1 Å². The highest BCUT2D eigenvalue weighted by Gasteiger charge is 2.09. The van der Waals surface area contributed by atoms with Crippen molar-refractivity contribution in [2.24, 2.45) is 11.7 Å². The molecule has 1 rings (SSSR count). The van der Waals surface area contributed by atoms with E-state index < -0.39 is 0 Å². The Morgan fingerprint density at radius 2 is 2.44 bits per heavy atom. The summed E-state index contributed by atoms with van der Waals surface area (Å²) in [6.45, 7) is 2.83. The third-order valence-electron chi connectivity index (χ3n) is 2.71. The number of aromatic nitrogens is 2. The van der Waals surface area contributed by atoms with Crippen LogP contribution in [0, 0.1) is 5.92 Å². The highest BCUT2D eigenvalue weighted by Crippen LogP contribution is 2.14. The van der Waals surface area contributed by atoms with E-state index in [0.717, 1.165) is 19.3 Å². The summed E-state index contributed by atoms with van der Waals surface area (Å²) in [4.78, 5) is 11.5. The van der Waals surface area contributed by atoms with Crippen molar-refractivity contribution in [1.29, 1.82) is 0 Å². The maximum Gasteiger partial charge on any atom is 0.225 e. The van der Waals surface area contributed by atoms with E-state index >= 15 is 0 Å². The molecule has 0 bridgehead atoms. The van der Waals surface area contributed by atoms with E-state index in [9.17, 15) is 4.79 Å². The first kappa shape index (κ1) is 12.7. The molecular weight excluding hydrogens is 204 g/mol.